The van der Waals surface area contributed by atoms with Crippen molar-refractivity contribution < 1.29 is 0 Å². The van der Waals surface area contributed by atoms with Crippen LogP contribution in [0.1, 0.15) is 37.4 Å². The molecular weight excluding hydrogens is 231 g/mol. The van der Waals surface area contributed by atoms with E-state index in [1.165, 1.54) is 11.1 Å². The second kappa shape index (κ2) is 4.69. The van der Waals surface area contributed by atoms with E-state index >= 15 is 0 Å². The van der Waals surface area contributed by atoms with Crippen LogP contribution in [-0.2, 0) is 4.87 Å². The van der Waals surface area contributed by atoms with Gasteiger partial charge < -0.3 is 0 Å². The fourth-order valence-electron chi connectivity index (χ4n) is 1.55. The Labute approximate surface area is 98.1 Å². The van der Waals surface area contributed by atoms with E-state index in [4.69, 9.17) is 22.7 Å². The van der Waals surface area contributed by atoms with Gasteiger partial charge in [-0.15, -0.1) is 11.6 Å². The Morgan fingerprint density at radius 2 is 1.86 bits per heavy atom. The van der Waals surface area contributed by atoms with E-state index in [2.05, 4.69) is 25.1 Å². The molecule has 0 aliphatic carbocycles. The zero-order valence-electron chi connectivity index (χ0n) is 8.85. The smallest absolute Gasteiger partial charge is 0.132 e. The average molecular weight is 247 g/mol. The lowest BCUT2D eigenvalue weighted by molar-refractivity contribution is 0.749. The van der Waals surface area contributed by atoms with Gasteiger partial charge in [-0.05, 0) is 30.5 Å². The summed E-state index contributed by atoms with van der Waals surface area (Å²) in [5.41, 5.74) is 3.02. The Morgan fingerprint density at radius 3 is 2.36 bits per heavy atom. The quantitative estimate of drug-likeness (QED) is 0.435. The minimum Gasteiger partial charge on any atom is -0.176 e. The van der Waals surface area contributed by atoms with Gasteiger partial charge in [0.05, 0.1) is 4.87 Å². The Bertz CT molecular complexity index is 304. The Balaban J connectivity index is 3.16. The number of hydrogen-bond acceptors (Lipinski definition) is 0. The molecule has 1 aromatic carbocycles. The highest BCUT2D eigenvalue weighted by Crippen LogP contribution is 2.33. The molecule has 0 radical (unpaired) electrons. The average Bonchev–Trinajstić information content (AvgIpc) is 2.15. The summed E-state index contributed by atoms with van der Waals surface area (Å²) in [7, 11) is -0.526. The van der Waals surface area contributed by atoms with Crippen molar-refractivity contribution in [2.24, 2.45) is 0 Å². The van der Waals surface area contributed by atoms with Crippen molar-refractivity contribution in [1.82, 2.24) is 0 Å². The summed E-state index contributed by atoms with van der Waals surface area (Å²) in [6, 6.07) is 8.32. The zero-order valence-corrected chi connectivity index (χ0v) is 11.8. The maximum Gasteiger partial charge on any atom is 0.132 e. The van der Waals surface area contributed by atoms with Gasteiger partial charge in [0.25, 0.3) is 0 Å². The Hall–Kier alpha value is 0.0169. The van der Waals surface area contributed by atoms with Crippen LogP contribution in [0.15, 0.2) is 24.3 Å². The molecule has 1 unspecified atom stereocenters. The highest BCUT2D eigenvalue weighted by Gasteiger charge is 2.21. The van der Waals surface area contributed by atoms with Gasteiger partial charge in [0.15, 0.2) is 0 Å². The highest BCUT2D eigenvalue weighted by atomic mass is 35.6. The fourth-order valence-corrected chi connectivity index (χ4v) is 2.74. The van der Waals surface area contributed by atoms with Crippen LogP contribution in [0.3, 0.4) is 0 Å². The van der Waals surface area contributed by atoms with Crippen LogP contribution in [0.2, 0.25) is 0 Å². The lowest BCUT2D eigenvalue weighted by Gasteiger charge is -2.22. The molecule has 14 heavy (non-hydrogen) atoms. The summed E-state index contributed by atoms with van der Waals surface area (Å²) in [4.78, 5) is -0.300. The van der Waals surface area contributed by atoms with Crippen molar-refractivity contribution in [3.05, 3.63) is 35.4 Å². The van der Waals surface area contributed by atoms with E-state index in [1.54, 1.807) is 0 Å². The third kappa shape index (κ3) is 2.75. The number of halogens is 2. The first-order valence-corrected chi connectivity index (χ1v) is 8.14. The predicted octanol–water partition coefficient (Wildman–Crippen LogP) is 3.54. The fraction of sp³-hybridized carbons (Fsp3) is 0.455. The first kappa shape index (κ1) is 12.1. The first-order valence-electron chi connectivity index (χ1n) is 4.81. The van der Waals surface area contributed by atoms with Crippen molar-refractivity contribution in [1.29, 1.82) is 0 Å². The van der Waals surface area contributed by atoms with Crippen molar-refractivity contribution in [3.63, 3.8) is 0 Å². The number of benzene rings is 1. The molecule has 1 atom stereocenters. The monoisotopic (exact) mass is 246 g/mol. The van der Waals surface area contributed by atoms with Crippen LogP contribution >= 0.6 is 22.7 Å². The van der Waals surface area contributed by atoms with Gasteiger partial charge in [0.2, 0.25) is 0 Å². The van der Waals surface area contributed by atoms with E-state index in [1.807, 2.05) is 19.9 Å². The van der Waals surface area contributed by atoms with Crippen molar-refractivity contribution in [2.75, 3.05) is 0 Å². The molecule has 0 aliphatic heterocycles. The molecule has 0 bridgehead atoms. The van der Waals surface area contributed by atoms with Crippen LogP contribution in [-0.4, -0.2) is 8.83 Å². The van der Waals surface area contributed by atoms with Gasteiger partial charge >= 0.3 is 0 Å². The van der Waals surface area contributed by atoms with E-state index in [0.717, 1.165) is 0 Å². The zero-order chi connectivity index (χ0) is 10.8. The largest absolute Gasteiger partial charge is 0.176 e. The normalized spacial score (nSPS) is 14.9. The first-order chi connectivity index (χ1) is 6.46. The number of alkyl halides is 1. The number of hydrogen-bond donors (Lipinski definition) is 0. The molecule has 0 aliphatic rings. The topological polar surface area (TPSA) is 0 Å². The standard InChI is InChI=1S/C11H16Cl2Si/c1-8(14-13)9-6-4-5-7-10(9)11(2,3)12/h4-8H,14H2,1-3H3. The molecule has 0 heterocycles. The highest BCUT2D eigenvalue weighted by molar-refractivity contribution is 6.94. The second-order valence-electron chi connectivity index (χ2n) is 4.12. The Morgan fingerprint density at radius 1 is 1.29 bits per heavy atom. The minimum atomic E-state index is -0.526. The molecular formula is C11H16Cl2Si. The molecule has 0 N–H and O–H groups in total. The molecule has 0 amide bonds. The van der Waals surface area contributed by atoms with Crippen molar-refractivity contribution in [2.45, 2.75) is 31.2 Å². The van der Waals surface area contributed by atoms with Gasteiger partial charge in [0.1, 0.15) is 8.83 Å². The summed E-state index contributed by atoms with van der Waals surface area (Å²) in [6.45, 7) is 6.23. The van der Waals surface area contributed by atoms with Crippen LogP contribution in [0.5, 0.6) is 0 Å². The molecule has 0 nitrogen and oxygen atoms in total. The van der Waals surface area contributed by atoms with Crippen LogP contribution < -0.4 is 0 Å². The van der Waals surface area contributed by atoms with Gasteiger partial charge in [0, 0.05) is 0 Å². The molecule has 0 spiro atoms. The lowest BCUT2D eigenvalue weighted by atomic mass is 9.95. The number of rotatable bonds is 3. The minimum absolute atomic E-state index is 0.300. The third-order valence-electron chi connectivity index (χ3n) is 2.36. The summed E-state index contributed by atoms with van der Waals surface area (Å²) >= 11 is 12.3. The molecule has 1 rings (SSSR count). The molecule has 78 valence electrons. The molecule has 0 saturated heterocycles. The summed E-state index contributed by atoms with van der Waals surface area (Å²) in [6.07, 6.45) is 0. The molecule has 3 heteroatoms. The van der Waals surface area contributed by atoms with E-state index in [0.29, 0.717) is 5.54 Å². The lowest BCUT2D eigenvalue weighted by Crippen LogP contribution is -2.13. The molecule has 0 fully saturated rings. The molecule has 0 saturated carbocycles. The Kier molecular flexibility index (Phi) is 4.05. The van der Waals surface area contributed by atoms with E-state index in [9.17, 15) is 0 Å². The van der Waals surface area contributed by atoms with Crippen LogP contribution in [0, 0.1) is 0 Å². The third-order valence-corrected chi connectivity index (χ3v) is 4.86. The summed E-state index contributed by atoms with van der Waals surface area (Å²) in [5.74, 6) is 0. The SMILES string of the molecule is CC([SiH2]Cl)c1ccccc1C(C)(C)Cl. The van der Waals surface area contributed by atoms with Gasteiger partial charge in [-0.2, -0.15) is 11.1 Å². The van der Waals surface area contributed by atoms with Crippen molar-refractivity contribution >= 4 is 31.5 Å². The van der Waals surface area contributed by atoms with Crippen molar-refractivity contribution in [3.8, 4) is 0 Å². The van der Waals surface area contributed by atoms with Crippen LogP contribution in [0.25, 0.3) is 0 Å². The summed E-state index contributed by atoms with van der Waals surface area (Å²) < 4.78 is 0. The van der Waals surface area contributed by atoms with Crippen LogP contribution in [0.4, 0.5) is 0 Å². The molecule has 0 aromatic heterocycles. The van der Waals surface area contributed by atoms with Gasteiger partial charge in [-0.3, -0.25) is 0 Å². The second-order valence-corrected chi connectivity index (χ2v) is 7.52. The van der Waals surface area contributed by atoms with Gasteiger partial charge in [-0.25, -0.2) is 0 Å². The van der Waals surface area contributed by atoms with Gasteiger partial charge in [-0.1, -0.05) is 31.2 Å². The van der Waals surface area contributed by atoms with E-state index in [-0.39, 0.29) is 4.87 Å². The molecule has 1 aromatic rings. The summed E-state index contributed by atoms with van der Waals surface area (Å²) in [5, 5.41) is 0. The maximum absolute atomic E-state index is 6.34. The maximum atomic E-state index is 6.34. The predicted molar refractivity (Wildman–Crippen MR) is 68.1 cm³/mol. The van der Waals surface area contributed by atoms with E-state index < -0.39 is 8.83 Å².